The summed E-state index contributed by atoms with van der Waals surface area (Å²) in [5, 5.41) is 33.7. The van der Waals surface area contributed by atoms with Crippen LogP contribution in [-0.2, 0) is 6.18 Å². The average molecular weight is 859 g/mol. The van der Waals surface area contributed by atoms with Crippen LogP contribution in [-0.4, -0.2) is 80.5 Å². The first-order valence-electron chi connectivity index (χ1n) is 19.3. The Labute approximate surface area is 355 Å². The van der Waals surface area contributed by atoms with Crippen LogP contribution in [0, 0.1) is 27.7 Å². The molecule has 0 aliphatic rings. The number of hydrogen-bond donors (Lipinski definition) is 5. The summed E-state index contributed by atoms with van der Waals surface area (Å²) in [6.07, 6.45) is -4.46. The number of carbonyl (C=O) groups excluding carboxylic acids is 2. The molecule has 0 saturated heterocycles. The van der Waals surface area contributed by atoms with E-state index in [4.69, 9.17) is 9.84 Å². The highest BCUT2D eigenvalue weighted by Crippen LogP contribution is 2.37. The Morgan fingerprint density at radius 3 is 2.35 bits per heavy atom. The predicted octanol–water partition coefficient (Wildman–Crippen LogP) is 6.35. The van der Waals surface area contributed by atoms with Gasteiger partial charge in [-0.15, -0.1) is 0 Å². The number of ether oxygens (including phenoxy) is 1. The zero-order valence-corrected chi connectivity index (χ0v) is 33.9. The third kappa shape index (κ3) is 8.46. The summed E-state index contributed by atoms with van der Waals surface area (Å²) in [4.78, 5) is 57.5. The van der Waals surface area contributed by atoms with E-state index in [0.29, 0.717) is 39.7 Å². The molecule has 6 aromatic heterocycles. The molecule has 0 aliphatic carbocycles. The van der Waals surface area contributed by atoms with Crippen molar-refractivity contribution in [3.63, 3.8) is 0 Å². The molecule has 0 spiro atoms. The van der Waals surface area contributed by atoms with Gasteiger partial charge in [0.1, 0.15) is 30.0 Å². The highest BCUT2D eigenvalue weighted by Gasteiger charge is 2.34. The second-order valence-corrected chi connectivity index (χ2v) is 14.7. The summed E-state index contributed by atoms with van der Waals surface area (Å²) >= 11 is 0. The number of aromatic nitrogens is 8. The Balaban J connectivity index is 1.17. The number of aliphatic hydroxyl groups is 2. The molecule has 0 aliphatic heterocycles. The van der Waals surface area contributed by atoms with E-state index in [9.17, 15) is 37.8 Å². The van der Waals surface area contributed by atoms with Gasteiger partial charge in [-0.3, -0.25) is 14.4 Å². The second kappa shape index (κ2) is 16.6. The number of nitrogens with zero attached hydrogens (tertiary/aromatic N) is 7. The van der Waals surface area contributed by atoms with E-state index in [1.807, 2.05) is 13.0 Å². The first-order chi connectivity index (χ1) is 30.1. The van der Waals surface area contributed by atoms with Crippen molar-refractivity contribution >= 4 is 34.7 Å². The van der Waals surface area contributed by atoms with Crippen LogP contribution in [0.4, 0.5) is 24.8 Å². The van der Waals surface area contributed by atoms with Crippen molar-refractivity contribution < 1.29 is 37.7 Å². The van der Waals surface area contributed by atoms with Crippen LogP contribution >= 0.6 is 0 Å². The van der Waals surface area contributed by atoms with Gasteiger partial charge in [0.15, 0.2) is 22.8 Å². The molecule has 0 fully saturated rings. The number of anilines is 2. The SMILES string of the molecule is Cc1cc(C)nc(NC(=O)c2cnc3c(-c4ccc(C(=O)Nc5c(C)nc6c(C)cc(-c7ccccc7C(F)(F)F)nn56)[nH]c4=O)cc(-c4cccc(OCC(O)CO)c4)nn23)c1. The molecule has 2 amide bonds. The number of halogens is 3. The number of fused-ring (bicyclic) bond motifs is 2. The number of nitrogens with one attached hydrogen (secondary N) is 3. The normalized spacial score (nSPS) is 12.1. The van der Waals surface area contributed by atoms with Crippen LogP contribution in [0.2, 0.25) is 0 Å². The van der Waals surface area contributed by atoms with Crippen molar-refractivity contribution in [2.45, 2.75) is 40.0 Å². The van der Waals surface area contributed by atoms with E-state index in [0.717, 1.165) is 11.6 Å². The summed E-state index contributed by atoms with van der Waals surface area (Å²) in [5.41, 5.74) is 2.00. The van der Waals surface area contributed by atoms with Crippen LogP contribution in [0.1, 0.15) is 49.1 Å². The average Bonchev–Trinajstić information content (AvgIpc) is 3.82. The monoisotopic (exact) mass is 858 g/mol. The number of hydrogen-bond acceptors (Lipinski definition) is 11. The van der Waals surface area contributed by atoms with Gasteiger partial charge in [-0.2, -0.15) is 27.9 Å². The van der Waals surface area contributed by atoms with Gasteiger partial charge in [-0.1, -0.05) is 30.3 Å². The summed E-state index contributed by atoms with van der Waals surface area (Å²) in [6.45, 7) is 6.25. The van der Waals surface area contributed by atoms with Crippen LogP contribution in [0.15, 0.2) is 95.9 Å². The maximum absolute atomic E-state index is 14.0. The molecule has 2 aromatic carbocycles. The number of aliphatic hydroxyl groups excluding tert-OH is 2. The number of aromatic amines is 1. The lowest BCUT2D eigenvalue weighted by Crippen LogP contribution is -2.21. The number of H-pyrrole nitrogens is 1. The molecule has 6 heterocycles. The number of carbonyl (C=O) groups is 2. The maximum Gasteiger partial charge on any atom is 0.417 e. The Morgan fingerprint density at radius 2 is 1.60 bits per heavy atom. The van der Waals surface area contributed by atoms with Gasteiger partial charge in [0.05, 0.1) is 41.0 Å². The van der Waals surface area contributed by atoms with Crippen molar-refractivity contribution in [2.75, 3.05) is 23.8 Å². The topological polar surface area (TPSA) is 214 Å². The number of rotatable bonds is 11. The van der Waals surface area contributed by atoms with Crippen LogP contribution in [0.3, 0.4) is 0 Å². The van der Waals surface area contributed by atoms with E-state index in [2.05, 4.69) is 35.7 Å². The van der Waals surface area contributed by atoms with Gasteiger partial charge in [-0.25, -0.2) is 19.5 Å². The molecule has 63 heavy (non-hydrogen) atoms. The van der Waals surface area contributed by atoms with Gasteiger partial charge in [0.25, 0.3) is 17.4 Å². The minimum atomic E-state index is -4.65. The minimum Gasteiger partial charge on any atom is -0.491 e. The third-order valence-electron chi connectivity index (χ3n) is 9.95. The van der Waals surface area contributed by atoms with Crippen LogP contribution < -0.4 is 20.9 Å². The number of benzene rings is 2. The third-order valence-corrected chi connectivity index (χ3v) is 9.95. The van der Waals surface area contributed by atoms with E-state index in [1.54, 1.807) is 57.2 Å². The highest BCUT2D eigenvalue weighted by atomic mass is 19.4. The summed E-state index contributed by atoms with van der Waals surface area (Å²) in [7, 11) is 0. The molecule has 1 atom stereocenters. The lowest BCUT2D eigenvalue weighted by Gasteiger charge is -2.13. The molecule has 8 aromatic rings. The van der Waals surface area contributed by atoms with Gasteiger partial charge in [0.2, 0.25) is 0 Å². The maximum atomic E-state index is 14.0. The Bertz CT molecular complexity index is 3140. The molecule has 19 heteroatoms. The minimum absolute atomic E-state index is 0.00271. The van der Waals surface area contributed by atoms with Crippen molar-refractivity contribution in [3.8, 4) is 39.4 Å². The van der Waals surface area contributed by atoms with Crippen molar-refractivity contribution in [1.82, 2.24) is 39.2 Å². The largest absolute Gasteiger partial charge is 0.491 e. The van der Waals surface area contributed by atoms with Crippen LogP contribution in [0.5, 0.6) is 5.75 Å². The van der Waals surface area contributed by atoms with E-state index < -0.39 is 41.8 Å². The summed E-state index contributed by atoms with van der Waals surface area (Å²) in [5.74, 6) is -0.634. The number of aryl methyl sites for hydroxylation is 4. The van der Waals surface area contributed by atoms with E-state index in [1.165, 1.54) is 51.6 Å². The fourth-order valence-corrected chi connectivity index (χ4v) is 7.04. The fourth-order valence-electron chi connectivity index (χ4n) is 7.04. The van der Waals surface area contributed by atoms with Crippen molar-refractivity contribution in [3.05, 3.63) is 141 Å². The van der Waals surface area contributed by atoms with Crippen LogP contribution in [0.25, 0.3) is 44.9 Å². The molecule has 1 unspecified atom stereocenters. The predicted molar refractivity (Wildman–Crippen MR) is 226 cm³/mol. The zero-order valence-electron chi connectivity index (χ0n) is 33.9. The second-order valence-electron chi connectivity index (χ2n) is 14.7. The van der Waals surface area contributed by atoms with Gasteiger partial charge in [-0.05, 0) is 93.4 Å². The Hall–Kier alpha value is -7.77. The molecule has 5 N–H and O–H groups in total. The first-order valence-corrected chi connectivity index (χ1v) is 19.3. The standard InChI is InChI=1S/C44H37F3N10O6/c1-22-14-24(3)49-37(15-22)52-43(62)36-19-48-40-31(18-34(54-56(36)40)26-8-7-9-28(17-26)63-21-27(59)20-58)29-12-13-33(51-41(29)60)42(61)53-39-25(4)50-38-23(2)16-35(55-57(38)39)30-10-5-6-11-32(30)44(45,46)47/h5-19,27,58-59H,20-21H2,1-4H3,(H,51,60)(H,53,61)(H,49,52,62). The summed E-state index contributed by atoms with van der Waals surface area (Å²) < 4.78 is 50.1. The highest BCUT2D eigenvalue weighted by molar-refractivity contribution is 6.04. The smallest absolute Gasteiger partial charge is 0.417 e. The molecule has 0 saturated carbocycles. The molecule has 320 valence electrons. The Kier molecular flexibility index (Phi) is 11.0. The molecular weight excluding hydrogens is 822 g/mol. The first kappa shape index (κ1) is 41.9. The van der Waals surface area contributed by atoms with Gasteiger partial charge < -0.3 is 30.6 Å². The molecule has 0 bridgehead atoms. The molecular formula is C44H37F3N10O6. The quantitative estimate of drug-likeness (QED) is 0.0967. The summed E-state index contributed by atoms with van der Waals surface area (Å²) in [6, 6.07) is 21.1. The Morgan fingerprint density at radius 1 is 0.825 bits per heavy atom. The number of pyridine rings is 2. The number of amides is 2. The van der Waals surface area contributed by atoms with E-state index in [-0.39, 0.29) is 57.5 Å². The fraction of sp³-hybridized carbons (Fsp3) is 0.182. The lowest BCUT2D eigenvalue weighted by molar-refractivity contribution is -0.137. The number of alkyl halides is 3. The van der Waals surface area contributed by atoms with Gasteiger partial charge >= 0.3 is 6.18 Å². The van der Waals surface area contributed by atoms with Gasteiger partial charge in [0, 0.05) is 22.4 Å². The van der Waals surface area contributed by atoms with Crippen molar-refractivity contribution in [1.29, 1.82) is 0 Å². The zero-order chi connectivity index (χ0) is 44.7. The lowest BCUT2D eigenvalue weighted by atomic mass is 10.0. The molecule has 8 rings (SSSR count). The molecule has 0 radical (unpaired) electrons. The van der Waals surface area contributed by atoms with E-state index >= 15 is 0 Å². The van der Waals surface area contributed by atoms with Crippen molar-refractivity contribution in [2.24, 2.45) is 0 Å². The molecule has 16 nitrogen and oxygen atoms in total. The number of imidazole rings is 2.